The maximum atomic E-state index is 11.0. The lowest BCUT2D eigenvalue weighted by molar-refractivity contribution is -0.139. The first kappa shape index (κ1) is 12.9. The van der Waals surface area contributed by atoms with Crippen LogP contribution < -0.4 is 10.6 Å². The molecule has 0 amide bonds. The molecule has 2 atom stereocenters. The zero-order valence-electron chi connectivity index (χ0n) is 10.9. The van der Waals surface area contributed by atoms with Crippen LogP contribution in [-0.2, 0) is 4.79 Å². The van der Waals surface area contributed by atoms with E-state index in [4.69, 9.17) is 10.8 Å². The summed E-state index contributed by atoms with van der Waals surface area (Å²) in [6, 6.07) is 8.08. The number of carboxylic acid groups (broad SMARTS) is 1. The zero-order valence-corrected chi connectivity index (χ0v) is 10.9. The van der Waals surface area contributed by atoms with Crippen LogP contribution in [0.4, 0.5) is 5.69 Å². The molecule has 0 unspecified atom stereocenters. The highest BCUT2D eigenvalue weighted by Crippen LogP contribution is 2.49. The molecule has 1 saturated carbocycles. The van der Waals surface area contributed by atoms with Gasteiger partial charge in [-0.1, -0.05) is 12.1 Å². The van der Waals surface area contributed by atoms with Crippen molar-refractivity contribution in [2.45, 2.75) is 31.7 Å². The second-order valence-corrected chi connectivity index (χ2v) is 4.87. The van der Waals surface area contributed by atoms with E-state index in [-0.39, 0.29) is 5.92 Å². The Hall–Kier alpha value is -1.55. The maximum Gasteiger partial charge on any atom is 0.324 e. The molecular formula is C14H20N2O2. The van der Waals surface area contributed by atoms with E-state index in [0.717, 1.165) is 18.7 Å². The fraction of sp³-hybridized carbons (Fsp3) is 0.500. The lowest BCUT2D eigenvalue weighted by Gasteiger charge is -2.21. The van der Waals surface area contributed by atoms with Crippen molar-refractivity contribution in [2.75, 3.05) is 18.0 Å². The summed E-state index contributed by atoms with van der Waals surface area (Å²) >= 11 is 0. The van der Waals surface area contributed by atoms with Crippen molar-refractivity contribution in [1.29, 1.82) is 0 Å². The smallest absolute Gasteiger partial charge is 0.324 e. The lowest BCUT2D eigenvalue weighted by Crippen LogP contribution is -2.34. The van der Waals surface area contributed by atoms with Gasteiger partial charge in [-0.3, -0.25) is 4.79 Å². The Balaban J connectivity index is 2.13. The molecule has 0 spiro atoms. The summed E-state index contributed by atoms with van der Waals surface area (Å²) in [6.07, 6.45) is 0.535. The normalized spacial score (nSPS) is 25.8. The van der Waals surface area contributed by atoms with Crippen molar-refractivity contribution < 1.29 is 9.90 Å². The Morgan fingerprint density at radius 2 is 1.94 bits per heavy atom. The molecule has 0 saturated heterocycles. The summed E-state index contributed by atoms with van der Waals surface area (Å²) in [6.45, 7) is 6.17. The number of hydrogen-bond donors (Lipinski definition) is 2. The van der Waals surface area contributed by atoms with Gasteiger partial charge < -0.3 is 15.7 Å². The molecule has 2 rings (SSSR count). The Morgan fingerprint density at radius 3 is 2.33 bits per heavy atom. The second kappa shape index (κ2) is 4.61. The van der Waals surface area contributed by atoms with Gasteiger partial charge in [0.25, 0.3) is 0 Å². The fourth-order valence-corrected chi connectivity index (χ4v) is 2.44. The van der Waals surface area contributed by atoms with E-state index in [9.17, 15) is 4.79 Å². The number of benzene rings is 1. The van der Waals surface area contributed by atoms with Gasteiger partial charge in [-0.2, -0.15) is 0 Å². The van der Waals surface area contributed by atoms with Gasteiger partial charge in [0.15, 0.2) is 0 Å². The SMILES string of the molecule is CCN(CC)c1ccc([C@H]2C[C@]2(N)C(=O)O)cc1. The molecule has 1 aliphatic rings. The summed E-state index contributed by atoms with van der Waals surface area (Å²) in [4.78, 5) is 13.3. The molecular weight excluding hydrogens is 228 g/mol. The average molecular weight is 248 g/mol. The van der Waals surface area contributed by atoms with Crippen LogP contribution in [0, 0.1) is 0 Å². The Bertz CT molecular complexity index is 440. The van der Waals surface area contributed by atoms with Crippen molar-refractivity contribution in [3.8, 4) is 0 Å². The highest BCUT2D eigenvalue weighted by Gasteiger charge is 2.58. The summed E-state index contributed by atoms with van der Waals surface area (Å²) in [5.74, 6) is -0.943. The van der Waals surface area contributed by atoms with E-state index in [0.29, 0.717) is 6.42 Å². The third kappa shape index (κ3) is 2.08. The summed E-state index contributed by atoms with van der Waals surface area (Å²) < 4.78 is 0. The molecule has 3 N–H and O–H groups in total. The highest BCUT2D eigenvalue weighted by atomic mass is 16.4. The molecule has 18 heavy (non-hydrogen) atoms. The van der Waals surface area contributed by atoms with Crippen LogP contribution in [0.1, 0.15) is 31.7 Å². The first-order valence-electron chi connectivity index (χ1n) is 6.40. The van der Waals surface area contributed by atoms with Crippen LogP contribution in [0.15, 0.2) is 24.3 Å². The van der Waals surface area contributed by atoms with E-state index in [1.165, 1.54) is 5.69 Å². The van der Waals surface area contributed by atoms with E-state index in [1.54, 1.807) is 0 Å². The van der Waals surface area contributed by atoms with Crippen LogP contribution >= 0.6 is 0 Å². The largest absolute Gasteiger partial charge is 0.480 e. The van der Waals surface area contributed by atoms with Crippen molar-refractivity contribution in [3.63, 3.8) is 0 Å². The zero-order chi connectivity index (χ0) is 13.3. The number of carboxylic acids is 1. The van der Waals surface area contributed by atoms with Gasteiger partial charge in [0.1, 0.15) is 5.54 Å². The van der Waals surface area contributed by atoms with Gasteiger partial charge in [-0.05, 0) is 38.0 Å². The topological polar surface area (TPSA) is 66.6 Å². The Kier molecular flexibility index (Phi) is 3.30. The monoisotopic (exact) mass is 248 g/mol. The summed E-state index contributed by atoms with van der Waals surface area (Å²) in [7, 11) is 0. The Morgan fingerprint density at radius 1 is 1.39 bits per heavy atom. The maximum absolute atomic E-state index is 11.0. The van der Waals surface area contributed by atoms with Crippen LogP contribution in [0.5, 0.6) is 0 Å². The third-order valence-corrected chi connectivity index (χ3v) is 3.83. The van der Waals surface area contributed by atoms with Crippen molar-refractivity contribution in [2.24, 2.45) is 5.73 Å². The van der Waals surface area contributed by atoms with Gasteiger partial charge in [-0.25, -0.2) is 0 Å². The molecule has 4 nitrogen and oxygen atoms in total. The van der Waals surface area contributed by atoms with Gasteiger partial charge in [0.05, 0.1) is 0 Å². The average Bonchev–Trinajstić information content (AvgIpc) is 3.06. The van der Waals surface area contributed by atoms with Gasteiger partial charge in [0.2, 0.25) is 0 Å². The number of aliphatic carboxylic acids is 1. The number of hydrogen-bond acceptors (Lipinski definition) is 3. The minimum absolute atomic E-state index is 0.0410. The van der Waals surface area contributed by atoms with Gasteiger partial charge in [-0.15, -0.1) is 0 Å². The van der Waals surface area contributed by atoms with E-state index in [2.05, 4.69) is 18.7 Å². The van der Waals surface area contributed by atoms with Gasteiger partial charge >= 0.3 is 5.97 Å². The number of nitrogens with zero attached hydrogens (tertiary/aromatic N) is 1. The van der Waals surface area contributed by atoms with Crippen molar-refractivity contribution in [1.82, 2.24) is 0 Å². The summed E-state index contributed by atoms with van der Waals surface area (Å²) in [5.41, 5.74) is 6.95. The van der Waals surface area contributed by atoms with Crippen LogP contribution in [0.2, 0.25) is 0 Å². The fourth-order valence-electron chi connectivity index (χ4n) is 2.44. The number of anilines is 1. The van der Waals surface area contributed by atoms with Crippen molar-refractivity contribution in [3.05, 3.63) is 29.8 Å². The van der Waals surface area contributed by atoms with E-state index >= 15 is 0 Å². The molecule has 1 aromatic carbocycles. The predicted molar refractivity (Wildman–Crippen MR) is 71.9 cm³/mol. The first-order chi connectivity index (χ1) is 8.52. The number of carbonyl (C=O) groups is 1. The molecule has 1 aromatic rings. The minimum Gasteiger partial charge on any atom is -0.480 e. The molecule has 0 heterocycles. The predicted octanol–water partition coefficient (Wildman–Crippen LogP) is 1.80. The van der Waals surface area contributed by atoms with Crippen LogP contribution in [0.25, 0.3) is 0 Å². The second-order valence-electron chi connectivity index (χ2n) is 4.87. The van der Waals surface area contributed by atoms with E-state index in [1.807, 2.05) is 24.3 Å². The highest BCUT2D eigenvalue weighted by molar-refractivity contribution is 5.85. The van der Waals surface area contributed by atoms with Crippen LogP contribution in [-0.4, -0.2) is 29.7 Å². The third-order valence-electron chi connectivity index (χ3n) is 3.83. The molecule has 0 aliphatic heterocycles. The molecule has 0 radical (unpaired) electrons. The number of rotatable bonds is 5. The van der Waals surface area contributed by atoms with Gasteiger partial charge in [0, 0.05) is 24.7 Å². The minimum atomic E-state index is -1.04. The van der Waals surface area contributed by atoms with Crippen molar-refractivity contribution >= 4 is 11.7 Å². The molecule has 0 bridgehead atoms. The molecule has 1 fully saturated rings. The van der Waals surface area contributed by atoms with E-state index < -0.39 is 11.5 Å². The molecule has 4 heteroatoms. The number of nitrogens with two attached hydrogens (primary N) is 1. The Labute approximate surface area is 107 Å². The first-order valence-corrected chi connectivity index (χ1v) is 6.40. The quantitative estimate of drug-likeness (QED) is 0.834. The van der Waals surface area contributed by atoms with Crippen LogP contribution in [0.3, 0.4) is 0 Å². The lowest BCUT2D eigenvalue weighted by atomic mass is 10.1. The molecule has 1 aliphatic carbocycles. The summed E-state index contributed by atoms with van der Waals surface area (Å²) in [5, 5.41) is 9.03. The standard InChI is InChI=1S/C14H20N2O2/c1-3-16(4-2)11-7-5-10(6-8-11)12-9-14(12,15)13(17)18/h5-8,12H,3-4,9,15H2,1-2H3,(H,17,18)/t12-,14-/m1/s1. The molecule has 0 aromatic heterocycles. The molecule has 98 valence electrons.